The van der Waals surface area contributed by atoms with Crippen LogP contribution in [0, 0.1) is 0 Å². The van der Waals surface area contributed by atoms with Crippen LogP contribution in [0.3, 0.4) is 0 Å². The predicted molar refractivity (Wildman–Crippen MR) is 133 cm³/mol. The lowest BCUT2D eigenvalue weighted by Crippen LogP contribution is -2.43. The van der Waals surface area contributed by atoms with Crippen molar-refractivity contribution in [3.05, 3.63) is 34.7 Å². The lowest BCUT2D eigenvalue weighted by molar-refractivity contribution is -0.149. The fourth-order valence-corrected chi connectivity index (χ4v) is 4.22. The van der Waals surface area contributed by atoms with Crippen LogP contribution in [0.5, 0.6) is 17.2 Å². The first kappa shape index (κ1) is 27.8. The van der Waals surface area contributed by atoms with Gasteiger partial charge in [0.05, 0.1) is 26.9 Å². The SMILES string of the molecule is COc1cc(C(=O)N[C@@H](CCSC)C(=O)OCC(=O)Nc2sccc2C(N)=O)cc(OC)c1OC. The van der Waals surface area contributed by atoms with Crippen LogP contribution in [0.25, 0.3) is 0 Å². The van der Waals surface area contributed by atoms with Gasteiger partial charge in [-0.05, 0) is 42.0 Å². The van der Waals surface area contributed by atoms with Crippen molar-refractivity contribution < 1.29 is 38.1 Å². The molecule has 0 saturated carbocycles. The van der Waals surface area contributed by atoms with Crippen LogP contribution in [0.2, 0.25) is 0 Å². The molecule has 2 aromatic rings. The lowest BCUT2D eigenvalue weighted by Gasteiger charge is -2.18. The minimum Gasteiger partial charge on any atom is -0.493 e. The van der Waals surface area contributed by atoms with Crippen molar-refractivity contribution in [1.29, 1.82) is 0 Å². The van der Waals surface area contributed by atoms with E-state index >= 15 is 0 Å². The number of nitrogens with one attached hydrogen (secondary N) is 2. The Bertz CT molecular complexity index is 1050. The number of thiophene rings is 1. The van der Waals surface area contributed by atoms with Crippen LogP contribution in [-0.4, -0.2) is 69.7 Å². The average Bonchev–Trinajstić information content (AvgIpc) is 3.32. The fourth-order valence-electron chi connectivity index (χ4n) is 2.94. The van der Waals surface area contributed by atoms with Gasteiger partial charge in [-0.2, -0.15) is 11.8 Å². The molecule has 1 aromatic heterocycles. The van der Waals surface area contributed by atoms with Gasteiger partial charge in [0, 0.05) is 5.56 Å². The molecular formula is C22H27N3O8S2. The van der Waals surface area contributed by atoms with Gasteiger partial charge < -0.3 is 35.3 Å². The van der Waals surface area contributed by atoms with Crippen LogP contribution in [0.1, 0.15) is 27.1 Å². The number of amides is 3. The highest BCUT2D eigenvalue weighted by Gasteiger charge is 2.25. The van der Waals surface area contributed by atoms with Gasteiger partial charge in [-0.3, -0.25) is 14.4 Å². The van der Waals surface area contributed by atoms with E-state index in [0.717, 1.165) is 11.3 Å². The Labute approximate surface area is 210 Å². The zero-order chi connectivity index (χ0) is 26.0. The van der Waals surface area contributed by atoms with Crippen molar-refractivity contribution in [3.63, 3.8) is 0 Å². The largest absolute Gasteiger partial charge is 0.493 e. The molecule has 0 aliphatic heterocycles. The number of primary amides is 1. The highest BCUT2D eigenvalue weighted by atomic mass is 32.2. The lowest BCUT2D eigenvalue weighted by atomic mass is 10.1. The number of hydrogen-bond donors (Lipinski definition) is 3. The molecule has 35 heavy (non-hydrogen) atoms. The van der Waals surface area contributed by atoms with Crippen molar-refractivity contribution in [2.75, 3.05) is 45.3 Å². The molecule has 1 atom stereocenters. The van der Waals surface area contributed by atoms with Crippen molar-refractivity contribution in [3.8, 4) is 17.2 Å². The van der Waals surface area contributed by atoms with E-state index < -0.39 is 36.3 Å². The van der Waals surface area contributed by atoms with Gasteiger partial charge in [0.2, 0.25) is 5.75 Å². The molecule has 0 radical (unpaired) electrons. The second kappa shape index (κ2) is 13.4. The maximum Gasteiger partial charge on any atom is 0.329 e. The molecule has 190 valence electrons. The van der Waals surface area contributed by atoms with Crippen LogP contribution in [0.15, 0.2) is 23.6 Å². The van der Waals surface area contributed by atoms with Gasteiger partial charge in [-0.15, -0.1) is 11.3 Å². The highest BCUT2D eigenvalue weighted by Crippen LogP contribution is 2.38. The Hall–Kier alpha value is -3.45. The summed E-state index contributed by atoms with van der Waals surface area (Å²) in [6.45, 7) is -0.606. The van der Waals surface area contributed by atoms with Crippen LogP contribution < -0.4 is 30.6 Å². The molecule has 2 rings (SSSR count). The van der Waals surface area contributed by atoms with Gasteiger partial charge in [0.15, 0.2) is 18.1 Å². The van der Waals surface area contributed by atoms with Crippen LogP contribution in [-0.2, 0) is 14.3 Å². The van der Waals surface area contributed by atoms with E-state index in [2.05, 4.69) is 10.6 Å². The number of esters is 1. The molecule has 4 N–H and O–H groups in total. The highest BCUT2D eigenvalue weighted by molar-refractivity contribution is 7.98. The van der Waals surface area contributed by atoms with Gasteiger partial charge in [0.1, 0.15) is 11.0 Å². The van der Waals surface area contributed by atoms with Gasteiger partial charge in [-0.25, -0.2) is 4.79 Å². The summed E-state index contributed by atoms with van der Waals surface area (Å²) in [5.41, 5.74) is 5.59. The topological polar surface area (TPSA) is 155 Å². The summed E-state index contributed by atoms with van der Waals surface area (Å²) in [7, 11) is 4.29. The van der Waals surface area contributed by atoms with Crippen molar-refractivity contribution in [1.82, 2.24) is 5.32 Å². The third-order valence-corrected chi connectivity index (χ3v) is 6.13. The molecule has 0 aliphatic rings. The Morgan fingerprint density at radius 3 is 2.29 bits per heavy atom. The smallest absolute Gasteiger partial charge is 0.329 e. The normalized spacial score (nSPS) is 11.2. The van der Waals surface area contributed by atoms with Crippen molar-refractivity contribution >= 4 is 51.8 Å². The summed E-state index contributed by atoms with van der Waals surface area (Å²) in [6.07, 6.45) is 2.13. The number of nitrogens with two attached hydrogens (primary N) is 1. The summed E-state index contributed by atoms with van der Waals surface area (Å²) in [5.74, 6) is -1.26. The van der Waals surface area contributed by atoms with E-state index in [-0.39, 0.29) is 34.0 Å². The van der Waals surface area contributed by atoms with E-state index in [1.807, 2.05) is 6.26 Å². The third-order valence-electron chi connectivity index (χ3n) is 4.66. The first-order valence-corrected chi connectivity index (χ1v) is 12.5. The quantitative estimate of drug-likeness (QED) is 0.333. The van der Waals surface area contributed by atoms with Crippen molar-refractivity contribution in [2.24, 2.45) is 5.73 Å². The summed E-state index contributed by atoms with van der Waals surface area (Å²) in [5, 5.41) is 6.97. The fraction of sp³-hybridized carbons (Fsp3) is 0.364. The van der Waals surface area contributed by atoms with E-state index in [9.17, 15) is 19.2 Å². The minimum absolute atomic E-state index is 0.158. The summed E-state index contributed by atoms with van der Waals surface area (Å²) < 4.78 is 20.9. The second-order valence-corrected chi connectivity index (χ2v) is 8.81. The first-order valence-electron chi connectivity index (χ1n) is 10.2. The van der Waals surface area contributed by atoms with E-state index in [1.165, 1.54) is 51.3 Å². The number of carbonyl (C=O) groups excluding carboxylic acids is 4. The molecule has 11 nitrogen and oxygen atoms in total. The zero-order valence-corrected chi connectivity index (χ0v) is 21.3. The monoisotopic (exact) mass is 525 g/mol. The van der Waals surface area contributed by atoms with Crippen molar-refractivity contribution in [2.45, 2.75) is 12.5 Å². The Balaban J connectivity index is 2.08. The van der Waals surface area contributed by atoms with E-state index in [4.69, 9.17) is 24.7 Å². The number of methoxy groups -OCH3 is 3. The molecule has 0 unspecified atom stereocenters. The maximum atomic E-state index is 12.9. The number of benzene rings is 1. The maximum absolute atomic E-state index is 12.9. The molecule has 0 fully saturated rings. The molecule has 0 aliphatic carbocycles. The zero-order valence-electron chi connectivity index (χ0n) is 19.7. The standard InChI is InChI=1S/C22H27N3O8S2/c1-30-15-9-12(10-16(31-2)18(15)32-3)20(28)24-14(6-7-34-4)22(29)33-11-17(26)25-21-13(19(23)27)5-8-35-21/h5,8-10,14H,6-7,11H2,1-4H3,(H2,23,27)(H,24,28)(H,25,26)/t14-/m0/s1. The van der Waals surface area contributed by atoms with Crippen LogP contribution >= 0.6 is 23.1 Å². The molecule has 0 bridgehead atoms. The molecule has 0 saturated heterocycles. The number of hydrogen-bond acceptors (Lipinski definition) is 10. The number of carbonyl (C=O) groups is 4. The Morgan fingerprint density at radius 2 is 1.74 bits per heavy atom. The molecule has 1 heterocycles. The number of thioether (sulfide) groups is 1. The summed E-state index contributed by atoms with van der Waals surface area (Å²) in [4.78, 5) is 49.2. The van der Waals surface area contributed by atoms with Gasteiger partial charge in [0.25, 0.3) is 17.7 Å². The van der Waals surface area contributed by atoms with Gasteiger partial charge >= 0.3 is 5.97 Å². The summed E-state index contributed by atoms with van der Waals surface area (Å²) in [6, 6.07) is 3.38. The molecule has 0 spiro atoms. The Morgan fingerprint density at radius 1 is 1.09 bits per heavy atom. The first-order chi connectivity index (χ1) is 16.7. The average molecular weight is 526 g/mol. The Kier molecular flexibility index (Phi) is 10.7. The molecule has 1 aromatic carbocycles. The van der Waals surface area contributed by atoms with Gasteiger partial charge in [-0.1, -0.05) is 0 Å². The predicted octanol–water partition coefficient (Wildman–Crippen LogP) is 1.91. The molecule has 3 amide bonds. The third kappa shape index (κ3) is 7.52. The van der Waals surface area contributed by atoms with E-state index in [0.29, 0.717) is 11.5 Å². The van der Waals surface area contributed by atoms with Crippen LogP contribution in [0.4, 0.5) is 5.00 Å². The molecular weight excluding hydrogens is 498 g/mol. The second-order valence-electron chi connectivity index (χ2n) is 6.91. The number of rotatable bonds is 13. The number of anilines is 1. The van der Waals surface area contributed by atoms with E-state index in [1.54, 1.807) is 5.38 Å². The number of ether oxygens (including phenoxy) is 4. The summed E-state index contributed by atoms with van der Waals surface area (Å²) >= 11 is 2.59. The molecule has 13 heteroatoms. The minimum atomic E-state index is -1.01.